The first-order valence-electron chi connectivity index (χ1n) is 6.68. The van der Waals surface area contributed by atoms with Crippen molar-refractivity contribution in [3.05, 3.63) is 51.1 Å². The maximum absolute atomic E-state index is 12.2. The molecule has 2 N–H and O–H groups in total. The quantitative estimate of drug-likeness (QED) is 0.729. The number of benzene rings is 1. The van der Waals surface area contributed by atoms with Crippen molar-refractivity contribution in [2.75, 3.05) is 0 Å². The van der Waals surface area contributed by atoms with E-state index in [9.17, 15) is 4.79 Å². The molecule has 0 fully saturated rings. The lowest BCUT2D eigenvalue weighted by molar-refractivity contribution is 0.968. The second-order valence-corrected chi connectivity index (χ2v) is 6.02. The Kier molecular flexibility index (Phi) is 3.55. The standard InChI is InChI=1S/C15H16N4OS/c1-8-4-5-12-13(20)6-11(17-14(12)9(8)2)7-21-15-16-10(3)18-19-15/h4-6H,7H2,1-3H3,(H,17,20)(H,16,18,19). The SMILES string of the molecule is Cc1nc(SCc2cc(=O)c3ccc(C)c(C)c3[nH]2)n[nH]1. The molecule has 0 aliphatic carbocycles. The summed E-state index contributed by atoms with van der Waals surface area (Å²) in [7, 11) is 0. The molecule has 21 heavy (non-hydrogen) atoms. The van der Waals surface area contributed by atoms with Gasteiger partial charge in [0.1, 0.15) is 5.82 Å². The highest BCUT2D eigenvalue weighted by Crippen LogP contribution is 2.21. The average Bonchev–Trinajstić information content (AvgIpc) is 2.87. The van der Waals surface area contributed by atoms with Gasteiger partial charge in [-0.15, -0.1) is 5.10 Å². The number of hydrogen-bond acceptors (Lipinski definition) is 4. The van der Waals surface area contributed by atoms with Crippen LogP contribution in [0, 0.1) is 20.8 Å². The molecule has 0 spiro atoms. The van der Waals surface area contributed by atoms with E-state index in [1.165, 1.54) is 17.3 Å². The van der Waals surface area contributed by atoms with Crippen LogP contribution in [-0.4, -0.2) is 20.2 Å². The first-order chi connectivity index (χ1) is 10.0. The molecular weight excluding hydrogens is 284 g/mol. The molecule has 5 nitrogen and oxygen atoms in total. The Morgan fingerprint density at radius 1 is 1.24 bits per heavy atom. The summed E-state index contributed by atoms with van der Waals surface area (Å²) < 4.78 is 0. The van der Waals surface area contributed by atoms with Gasteiger partial charge in [-0.1, -0.05) is 17.8 Å². The lowest BCUT2D eigenvalue weighted by atomic mass is 10.0. The molecule has 0 aliphatic rings. The molecule has 0 aliphatic heterocycles. The van der Waals surface area contributed by atoms with Gasteiger partial charge < -0.3 is 4.98 Å². The second kappa shape index (κ2) is 5.37. The topological polar surface area (TPSA) is 74.4 Å². The van der Waals surface area contributed by atoms with Crippen LogP contribution in [0.15, 0.2) is 28.2 Å². The monoisotopic (exact) mass is 300 g/mol. The van der Waals surface area contributed by atoms with E-state index in [4.69, 9.17) is 0 Å². The van der Waals surface area contributed by atoms with Crippen molar-refractivity contribution in [1.29, 1.82) is 0 Å². The summed E-state index contributed by atoms with van der Waals surface area (Å²) in [4.78, 5) is 19.8. The number of nitrogens with one attached hydrogen (secondary N) is 2. The molecule has 2 heterocycles. The van der Waals surface area contributed by atoms with Crippen molar-refractivity contribution >= 4 is 22.7 Å². The molecule has 6 heteroatoms. The van der Waals surface area contributed by atoms with E-state index in [1.807, 2.05) is 32.9 Å². The van der Waals surface area contributed by atoms with Crippen molar-refractivity contribution in [3.8, 4) is 0 Å². The molecule has 0 saturated heterocycles. The highest BCUT2D eigenvalue weighted by molar-refractivity contribution is 7.98. The number of aromatic amines is 2. The van der Waals surface area contributed by atoms with Crippen molar-refractivity contribution in [1.82, 2.24) is 20.2 Å². The van der Waals surface area contributed by atoms with Crippen LogP contribution in [-0.2, 0) is 5.75 Å². The van der Waals surface area contributed by atoms with Crippen molar-refractivity contribution in [3.63, 3.8) is 0 Å². The smallest absolute Gasteiger partial charge is 0.208 e. The number of fused-ring (bicyclic) bond motifs is 1. The maximum atomic E-state index is 12.2. The van der Waals surface area contributed by atoms with Crippen LogP contribution in [0.4, 0.5) is 0 Å². The van der Waals surface area contributed by atoms with Gasteiger partial charge in [-0.05, 0) is 38.0 Å². The van der Waals surface area contributed by atoms with Crippen LogP contribution < -0.4 is 5.43 Å². The van der Waals surface area contributed by atoms with Crippen LogP contribution in [0.25, 0.3) is 10.9 Å². The summed E-state index contributed by atoms with van der Waals surface area (Å²) >= 11 is 1.50. The van der Waals surface area contributed by atoms with E-state index in [-0.39, 0.29) is 5.43 Å². The third-order valence-electron chi connectivity index (χ3n) is 3.53. The average molecular weight is 300 g/mol. The number of hydrogen-bond donors (Lipinski definition) is 2. The zero-order chi connectivity index (χ0) is 15.0. The Labute approximate surface area is 126 Å². The highest BCUT2D eigenvalue weighted by Gasteiger charge is 2.08. The third-order valence-corrected chi connectivity index (χ3v) is 4.42. The molecule has 0 radical (unpaired) electrons. The normalized spacial score (nSPS) is 11.2. The molecule has 3 rings (SSSR count). The number of nitrogens with zero attached hydrogens (tertiary/aromatic N) is 2. The Hall–Kier alpha value is -2.08. The van der Waals surface area contributed by atoms with Gasteiger partial charge in [0.15, 0.2) is 5.43 Å². The summed E-state index contributed by atoms with van der Waals surface area (Å²) in [5.74, 6) is 1.42. The van der Waals surface area contributed by atoms with Gasteiger partial charge in [0, 0.05) is 22.9 Å². The summed E-state index contributed by atoms with van der Waals surface area (Å²) in [6.07, 6.45) is 0. The van der Waals surface area contributed by atoms with Crippen LogP contribution in [0.1, 0.15) is 22.6 Å². The molecule has 108 valence electrons. The van der Waals surface area contributed by atoms with Crippen LogP contribution >= 0.6 is 11.8 Å². The van der Waals surface area contributed by atoms with E-state index in [0.29, 0.717) is 10.9 Å². The van der Waals surface area contributed by atoms with Crippen LogP contribution in [0.2, 0.25) is 0 Å². The van der Waals surface area contributed by atoms with Gasteiger partial charge in [0.05, 0.1) is 5.52 Å². The highest BCUT2D eigenvalue weighted by atomic mass is 32.2. The van der Waals surface area contributed by atoms with Gasteiger partial charge in [-0.2, -0.15) is 0 Å². The molecule has 3 aromatic rings. The summed E-state index contributed by atoms with van der Waals surface area (Å²) in [6.45, 7) is 5.94. The molecule has 0 bridgehead atoms. The predicted octanol–water partition coefficient (Wildman–Crippen LogP) is 2.86. The summed E-state index contributed by atoms with van der Waals surface area (Å²) in [5, 5.41) is 8.32. The van der Waals surface area contributed by atoms with Crippen molar-refractivity contribution in [2.45, 2.75) is 31.7 Å². The fourth-order valence-corrected chi connectivity index (χ4v) is 2.97. The van der Waals surface area contributed by atoms with E-state index < -0.39 is 0 Å². The largest absolute Gasteiger partial charge is 0.357 e. The van der Waals surface area contributed by atoms with Gasteiger partial charge in [0.2, 0.25) is 5.16 Å². The molecule has 1 aromatic carbocycles. The molecule has 2 aromatic heterocycles. The first kappa shape index (κ1) is 13.9. The maximum Gasteiger partial charge on any atom is 0.208 e. The lowest BCUT2D eigenvalue weighted by Gasteiger charge is -2.08. The third kappa shape index (κ3) is 2.71. The van der Waals surface area contributed by atoms with E-state index in [2.05, 4.69) is 20.2 Å². The minimum absolute atomic E-state index is 0.0496. The van der Waals surface area contributed by atoms with E-state index in [0.717, 1.165) is 28.0 Å². The number of aryl methyl sites for hydroxylation is 3. The molecule has 0 saturated carbocycles. The minimum atomic E-state index is 0.0496. The fraction of sp³-hybridized carbons (Fsp3) is 0.267. The number of aromatic nitrogens is 4. The van der Waals surface area contributed by atoms with Gasteiger partial charge >= 0.3 is 0 Å². The lowest BCUT2D eigenvalue weighted by Crippen LogP contribution is -2.06. The Morgan fingerprint density at radius 2 is 2.05 bits per heavy atom. The zero-order valence-electron chi connectivity index (χ0n) is 12.2. The second-order valence-electron chi connectivity index (χ2n) is 5.08. The predicted molar refractivity (Wildman–Crippen MR) is 84.7 cm³/mol. The van der Waals surface area contributed by atoms with E-state index >= 15 is 0 Å². The molecular formula is C15H16N4OS. The number of pyridine rings is 1. The van der Waals surface area contributed by atoms with Crippen LogP contribution in [0.3, 0.4) is 0 Å². The minimum Gasteiger partial charge on any atom is -0.357 e. The van der Waals surface area contributed by atoms with Crippen molar-refractivity contribution < 1.29 is 0 Å². The Morgan fingerprint density at radius 3 is 2.76 bits per heavy atom. The number of rotatable bonds is 3. The summed E-state index contributed by atoms with van der Waals surface area (Å²) in [6, 6.07) is 5.52. The first-order valence-corrected chi connectivity index (χ1v) is 7.67. The summed E-state index contributed by atoms with van der Waals surface area (Å²) in [5.41, 5.74) is 4.14. The fourth-order valence-electron chi connectivity index (χ4n) is 2.22. The molecule has 0 atom stereocenters. The number of thioether (sulfide) groups is 1. The van der Waals surface area contributed by atoms with Crippen LogP contribution in [0.5, 0.6) is 0 Å². The number of H-pyrrole nitrogens is 2. The molecule has 0 amide bonds. The molecule has 0 unspecified atom stereocenters. The Bertz CT molecular complexity index is 866. The van der Waals surface area contributed by atoms with Gasteiger partial charge in [-0.3, -0.25) is 9.89 Å². The van der Waals surface area contributed by atoms with Gasteiger partial charge in [0.25, 0.3) is 0 Å². The van der Waals surface area contributed by atoms with Gasteiger partial charge in [-0.25, -0.2) is 4.98 Å². The Balaban J connectivity index is 1.96. The zero-order valence-corrected chi connectivity index (χ0v) is 13.0. The van der Waals surface area contributed by atoms with E-state index in [1.54, 1.807) is 6.07 Å². The van der Waals surface area contributed by atoms with Crippen molar-refractivity contribution in [2.24, 2.45) is 0 Å².